The molecule has 2 heterocycles. The first kappa shape index (κ1) is 15.8. The van der Waals surface area contributed by atoms with Crippen LogP contribution in [0, 0.1) is 17.8 Å². The maximum atomic E-state index is 12.1. The van der Waals surface area contributed by atoms with Crippen LogP contribution in [0.25, 0.3) is 0 Å². The van der Waals surface area contributed by atoms with E-state index in [1.807, 2.05) is 13.8 Å². The van der Waals surface area contributed by atoms with E-state index in [4.69, 9.17) is 10.5 Å². The summed E-state index contributed by atoms with van der Waals surface area (Å²) in [5, 5.41) is 0. The smallest absolute Gasteiger partial charge is 0.328 e. The van der Waals surface area contributed by atoms with E-state index in [2.05, 4.69) is 23.1 Å². The Kier molecular flexibility index (Phi) is 4.69. The SMILES string of the molecule is CC(C)C(N)C(=O)OC1=CCN2CCC3CCC=CC3C2C1. The molecular weight excluding hydrogens is 276 g/mol. The third-order valence-corrected chi connectivity index (χ3v) is 5.49. The van der Waals surface area contributed by atoms with Crippen LogP contribution in [0.1, 0.15) is 39.5 Å². The molecule has 4 nitrogen and oxygen atoms in total. The van der Waals surface area contributed by atoms with Crippen LogP contribution >= 0.6 is 0 Å². The number of rotatable bonds is 3. The van der Waals surface area contributed by atoms with E-state index in [0.29, 0.717) is 12.0 Å². The van der Waals surface area contributed by atoms with E-state index in [-0.39, 0.29) is 11.9 Å². The first-order valence-corrected chi connectivity index (χ1v) is 8.63. The fraction of sp³-hybridized carbons (Fsp3) is 0.722. The summed E-state index contributed by atoms with van der Waals surface area (Å²) in [7, 11) is 0. The van der Waals surface area contributed by atoms with Crippen LogP contribution in [0.15, 0.2) is 24.0 Å². The molecule has 4 heteroatoms. The maximum absolute atomic E-state index is 12.1. The number of nitrogens with zero attached hydrogens (tertiary/aromatic N) is 1. The van der Waals surface area contributed by atoms with Gasteiger partial charge in [0, 0.05) is 19.0 Å². The summed E-state index contributed by atoms with van der Waals surface area (Å²) < 4.78 is 5.59. The van der Waals surface area contributed by atoms with Crippen LogP contribution in [0.5, 0.6) is 0 Å². The normalized spacial score (nSPS) is 32.9. The van der Waals surface area contributed by atoms with Crippen molar-refractivity contribution in [3.8, 4) is 0 Å². The highest BCUT2D eigenvalue weighted by atomic mass is 16.5. The van der Waals surface area contributed by atoms with Gasteiger partial charge < -0.3 is 10.5 Å². The number of fused-ring (bicyclic) bond motifs is 3. The molecule has 4 atom stereocenters. The number of ether oxygens (including phenoxy) is 1. The Labute approximate surface area is 133 Å². The Morgan fingerprint density at radius 3 is 3.00 bits per heavy atom. The Morgan fingerprint density at radius 2 is 2.23 bits per heavy atom. The van der Waals surface area contributed by atoms with Gasteiger partial charge in [-0.3, -0.25) is 4.90 Å². The second kappa shape index (κ2) is 6.55. The lowest BCUT2D eigenvalue weighted by Crippen LogP contribution is -2.51. The lowest BCUT2D eigenvalue weighted by Gasteiger charge is -2.47. The quantitative estimate of drug-likeness (QED) is 0.643. The molecule has 2 aliphatic heterocycles. The predicted molar refractivity (Wildman–Crippen MR) is 86.9 cm³/mol. The number of carbonyl (C=O) groups excluding carboxylic acids is 1. The number of hydrogen-bond donors (Lipinski definition) is 1. The molecule has 0 aromatic rings. The Bertz CT molecular complexity index is 483. The summed E-state index contributed by atoms with van der Waals surface area (Å²) in [5.74, 6) is 2.06. The minimum Gasteiger partial charge on any atom is -0.430 e. The van der Waals surface area contributed by atoms with Crippen molar-refractivity contribution in [2.45, 2.75) is 51.6 Å². The molecule has 1 aliphatic carbocycles. The van der Waals surface area contributed by atoms with Crippen LogP contribution in [0.4, 0.5) is 0 Å². The molecule has 22 heavy (non-hydrogen) atoms. The molecule has 3 aliphatic rings. The molecule has 0 aromatic carbocycles. The van der Waals surface area contributed by atoms with Gasteiger partial charge in [-0.25, -0.2) is 4.79 Å². The average molecular weight is 304 g/mol. The monoisotopic (exact) mass is 304 g/mol. The van der Waals surface area contributed by atoms with Crippen LogP contribution in [0.3, 0.4) is 0 Å². The molecule has 0 amide bonds. The van der Waals surface area contributed by atoms with Gasteiger partial charge in [0.25, 0.3) is 0 Å². The van der Waals surface area contributed by atoms with Crippen LogP contribution in [-0.4, -0.2) is 36.0 Å². The molecule has 1 fully saturated rings. The Morgan fingerprint density at radius 1 is 1.41 bits per heavy atom. The molecule has 0 radical (unpaired) electrons. The fourth-order valence-corrected chi connectivity index (χ4v) is 3.99. The highest BCUT2D eigenvalue weighted by Gasteiger charge is 2.39. The van der Waals surface area contributed by atoms with E-state index in [1.165, 1.54) is 25.8 Å². The summed E-state index contributed by atoms with van der Waals surface area (Å²) in [5.41, 5.74) is 5.89. The summed E-state index contributed by atoms with van der Waals surface area (Å²) in [6.45, 7) is 5.95. The van der Waals surface area contributed by atoms with Gasteiger partial charge in [-0.05, 0) is 49.6 Å². The van der Waals surface area contributed by atoms with Crippen LogP contribution in [0.2, 0.25) is 0 Å². The average Bonchev–Trinajstić information content (AvgIpc) is 2.53. The summed E-state index contributed by atoms with van der Waals surface area (Å²) in [6, 6.07) is -0.0500. The van der Waals surface area contributed by atoms with E-state index in [0.717, 1.165) is 24.6 Å². The standard InChI is InChI=1S/C18H28N2O2/c1-12(2)17(19)18(21)22-14-8-10-20-9-7-13-5-3-4-6-15(13)16(20)11-14/h4,6,8,12-13,15-17H,3,5,7,9-11,19H2,1-2H3. The van der Waals surface area contributed by atoms with E-state index >= 15 is 0 Å². The fourth-order valence-electron chi connectivity index (χ4n) is 3.99. The number of hydrogen-bond acceptors (Lipinski definition) is 4. The highest BCUT2D eigenvalue weighted by molar-refractivity contribution is 5.76. The highest BCUT2D eigenvalue weighted by Crippen LogP contribution is 2.40. The summed E-state index contributed by atoms with van der Waals surface area (Å²) in [6.07, 6.45) is 11.4. The zero-order chi connectivity index (χ0) is 15.7. The topological polar surface area (TPSA) is 55.6 Å². The minimum atomic E-state index is -0.535. The van der Waals surface area contributed by atoms with Gasteiger partial charge in [-0.15, -0.1) is 0 Å². The Hall–Kier alpha value is -1.13. The number of nitrogens with two attached hydrogens (primary N) is 1. The Balaban J connectivity index is 1.67. The van der Waals surface area contributed by atoms with Gasteiger partial charge in [0.2, 0.25) is 0 Å². The lowest BCUT2D eigenvalue weighted by atomic mass is 9.72. The van der Waals surface area contributed by atoms with Crippen molar-refractivity contribution < 1.29 is 9.53 Å². The zero-order valence-corrected chi connectivity index (χ0v) is 13.7. The molecule has 0 aromatic heterocycles. The van der Waals surface area contributed by atoms with Gasteiger partial charge in [0.05, 0.1) is 0 Å². The van der Waals surface area contributed by atoms with Crippen molar-refractivity contribution in [1.82, 2.24) is 4.90 Å². The van der Waals surface area contributed by atoms with Gasteiger partial charge >= 0.3 is 5.97 Å². The van der Waals surface area contributed by atoms with Crippen LogP contribution in [-0.2, 0) is 9.53 Å². The second-order valence-electron chi connectivity index (χ2n) is 7.26. The van der Waals surface area contributed by atoms with Crippen LogP contribution < -0.4 is 5.73 Å². The van der Waals surface area contributed by atoms with Crippen molar-refractivity contribution in [3.63, 3.8) is 0 Å². The predicted octanol–water partition coefficient (Wildman–Crippen LogP) is 2.46. The maximum Gasteiger partial charge on any atom is 0.328 e. The molecule has 4 unspecified atom stereocenters. The number of carbonyl (C=O) groups is 1. The molecule has 2 N–H and O–H groups in total. The first-order chi connectivity index (χ1) is 10.6. The van der Waals surface area contributed by atoms with E-state index < -0.39 is 6.04 Å². The van der Waals surface area contributed by atoms with Gasteiger partial charge in [-0.2, -0.15) is 0 Å². The second-order valence-corrected chi connectivity index (χ2v) is 7.26. The van der Waals surface area contributed by atoms with E-state index in [9.17, 15) is 4.79 Å². The summed E-state index contributed by atoms with van der Waals surface area (Å²) in [4.78, 5) is 14.6. The van der Waals surface area contributed by atoms with Crippen molar-refractivity contribution in [3.05, 3.63) is 24.0 Å². The molecule has 0 spiro atoms. The van der Waals surface area contributed by atoms with Crippen molar-refractivity contribution in [2.24, 2.45) is 23.5 Å². The number of piperidine rings is 1. The van der Waals surface area contributed by atoms with Crippen molar-refractivity contribution >= 4 is 5.97 Å². The molecule has 0 saturated carbocycles. The van der Waals surface area contributed by atoms with Crippen molar-refractivity contribution in [2.75, 3.05) is 13.1 Å². The van der Waals surface area contributed by atoms with E-state index in [1.54, 1.807) is 0 Å². The molecule has 3 rings (SSSR count). The number of esters is 1. The lowest BCUT2D eigenvalue weighted by molar-refractivity contribution is -0.142. The molecule has 1 saturated heterocycles. The van der Waals surface area contributed by atoms with Gasteiger partial charge in [0.15, 0.2) is 0 Å². The number of allylic oxidation sites excluding steroid dienone is 1. The molecule has 0 bridgehead atoms. The molecule has 122 valence electrons. The molecular formula is C18H28N2O2. The van der Waals surface area contributed by atoms with Gasteiger partial charge in [0.1, 0.15) is 11.8 Å². The van der Waals surface area contributed by atoms with Gasteiger partial charge in [-0.1, -0.05) is 26.0 Å². The summed E-state index contributed by atoms with van der Waals surface area (Å²) >= 11 is 0. The first-order valence-electron chi connectivity index (χ1n) is 8.63. The largest absolute Gasteiger partial charge is 0.430 e. The zero-order valence-electron chi connectivity index (χ0n) is 13.7. The third-order valence-electron chi connectivity index (χ3n) is 5.49. The van der Waals surface area contributed by atoms with Crippen molar-refractivity contribution in [1.29, 1.82) is 0 Å². The third kappa shape index (κ3) is 3.13. The minimum absolute atomic E-state index is 0.105.